The second kappa shape index (κ2) is 4.40. The first-order valence-corrected chi connectivity index (χ1v) is 5.34. The molecule has 0 spiro atoms. The Bertz CT molecular complexity index is 159. The Labute approximate surface area is 80.0 Å². The van der Waals surface area contributed by atoms with E-state index in [0.29, 0.717) is 12.2 Å². The van der Waals surface area contributed by atoms with E-state index < -0.39 is 0 Å². The first-order valence-electron chi connectivity index (χ1n) is 5.34. The zero-order chi connectivity index (χ0) is 9.10. The van der Waals surface area contributed by atoms with E-state index in [1.807, 2.05) is 0 Å². The summed E-state index contributed by atoms with van der Waals surface area (Å²) in [5.74, 6) is 0. The lowest BCUT2D eigenvalue weighted by molar-refractivity contribution is -0.00514. The van der Waals surface area contributed by atoms with Crippen molar-refractivity contribution in [2.45, 2.75) is 32.0 Å². The number of piperidine rings is 1. The molecular formula is C10H19NO2. The van der Waals surface area contributed by atoms with Crippen molar-refractivity contribution >= 4 is 0 Å². The number of epoxide rings is 1. The fourth-order valence-corrected chi connectivity index (χ4v) is 1.84. The molecule has 0 aromatic heterocycles. The van der Waals surface area contributed by atoms with Crippen LogP contribution in [0.25, 0.3) is 0 Å². The maximum Gasteiger partial charge on any atom is 0.104 e. The molecule has 0 amide bonds. The van der Waals surface area contributed by atoms with E-state index in [1.165, 1.54) is 19.4 Å². The van der Waals surface area contributed by atoms with Gasteiger partial charge in [0.1, 0.15) is 6.10 Å². The molecule has 0 aromatic carbocycles. The van der Waals surface area contributed by atoms with Gasteiger partial charge in [0.25, 0.3) is 0 Å². The predicted molar refractivity (Wildman–Crippen MR) is 50.8 cm³/mol. The van der Waals surface area contributed by atoms with Gasteiger partial charge < -0.3 is 14.4 Å². The molecule has 0 aromatic rings. The third-order valence-corrected chi connectivity index (χ3v) is 2.83. The van der Waals surface area contributed by atoms with Crippen molar-refractivity contribution in [1.82, 2.24) is 4.90 Å². The van der Waals surface area contributed by atoms with Crippen molar-refractivity contribution in [3.63, 3.8) is 0 Å². The molecule has 0 radical (unpaired) electrons. The summed E-state index contributed by atoms with van der Waals surface area (Å²) in [5, 5.41) is 0. The molecule has 13 heavy (non-hydrogen) atoms. The van der Waals surface area contributed by atoms with E-state index >= 15 is 0 Å². The molecule has 76 valence electrons. The van der Waals surface area contributed by atoms with E-state index in [2.05, 4.69) is 11.8 Å². The number of hydrogen-bond acceptors (Lipinski definition) is 3. The molecule has 0 saturated carbocycles. The van der Waals surface area contributed by atoms with Gasteiger partial charge in [-0.05, 0) is 25.9 Å². The van der Waals surface area contributed by atoms with Crippen LogP contribution in [0.4, 0.5) is 0 Å². The first kappa shape index (κ1) is 9.44. The number of likely N-dealkylation sites (N-methyl/N-ethyl adjacent to an activating group) is 1. The zero-order valence-electron chi connectivity index (χ0n) is 8.37. The highest BCUT2D eigenvalue weighted by atomic mass is 16.6. The van der Waals surface area contributed by atoms with Crippen molar-refractivity contribution in [3.8, 4) is 0 Å². The van der Waals surface area contributed by atoms with Gasteiger partial charge in [0.05, 0.1) is 19.3 Å². The SMILES string of the molecule is CCN1CCCC(OCC2CO2)C1. The number of rotatable bonds is 4. The molecule has 2 unspecified atom stereocenters. The standard InChI is InChI=1S/C10H19NO2/c1-2-11-5-3-4-9(6-11)12-7-10-8-13-10/h9-10H,2-8H2,1H3. The van der Waals surface area contributed by atoms with Gasteiger partial charge >= 0.3 is 0 Å². The molecular weight excluding hydrogens is 166 g/mol. The normalized spacial score (nSPS) is 34.8. The Balaban J connectivity index is 1.65. The zero-order valence-corrected chi connectivity index (χ0v) is 8.37. The summed E-state index contributed by atoms with van der Waals surface area (Å²) in [6.45, 7) is 7.44. The van der Waals surface area contributed by atoms with E-state index in [-0.39, 0.29) is 0 Å². The summed E-state index contributed by atoms with van der Waals surface area (Å²) >= 11 is 0. The molecule has 2 heterocycles. The van der Waals surface area contributed by atoms with Crippen LogP contribution in [0.1, 0.15) is 19.8 Å². The summed E-state index contributed by atoms with van der Waals surface area (Å²) in [5.41, 5.74) is 0. The molecule has 2 saturated heterocycles. The highest BCUT2D eigenvalue weighted by molar-refractivity contribution is 4.74. The van der Waals surface area contributed by atoms with Crippen molar-refractivity contribution in [2.24, 2.45) is 0 Å². The summed E-state index contributed by atoms with van der Waals surface area (Å²) in [4.78, 5) is 2.46. The van der Waals surface area contributed by atoms with Crippen molar-refractivity contribution < 1.29 is 9.47 Å². The number of hydrogen-bond donors (Lipinski definition) is 0. The third kappa shape index (κ3) is 2.93. The minimum Gasteiger partial charge on any atom is -0.374 e. The lowest BCUT2D eigenvalue weighted by Gasteiger charge is -2.31. The van der Waals surface area contributed by atoms with Crippen LogP contribution in [-0.2, 0) is 9.47 Å². The van der Waals surface area contributed by atoms with Crippen LogP contribution in [-0.4, -0.2) is 50.0 Å². The predicted octanol–water partition coefficient (Wildman–Crippen LogP) is 0.886. The van der Waals surface area contributed by atoms with Crippen LogP contribution in [0.15, 0.2) is 0 Å². The minimum atomic E-state index is 0.414. The molecule has 3 heteroatoms. The summed E-state index contributed by atoms with van der Waals surface area (Å²) in [6, 6.07) is 0. The second-order valence-electron chi connectivity index (χ2n) is 3.95. The molecule has 0 aliphatic carbocycles. The van der Waals surface area contributed by atoms with Crippen LogP contribution in [0.2, 0.25) is 0 Å². The largest absolute Gasteiger partial charge is 0.374 e. The first-order chi connectivity index (χ1) is 6.38. The highest BCUT2D eigenvalue weighted by Crippen LogP contribution is 2.16. The number of nitrogens with zero attached hydrogens (tertiary/aromatic N) is 1. The topological polar surface area (TPSA) is 25.0 Å². The molecule has 2 atom stereocenters. The van der Waals surface area contributed by atoms with Gasteiger partial charge in [-0.25, -0.2) is 0 Å². The molecule has 2 aliphatic heterocycles. The Morgan fingerprint density at radius 2 is 2.38 bits per heavy atom. The summed E-state index contributed by atoms with van der Waals surface area (Å²) in [7, 11) is 0. The number of likely N-dealkylation sites (tertiary alicyclic amines) is 1. The van der Waals surface area contributed by atoms with Crippen LogP contribution in [0, 0.1) is 0 Å². The quantitative estimate of drug-likeness (QED) is 0.608. The minimum absolute atomic E-state index is 0.414. The summed E-state index contributed by atoms with van der Waals surface area (Å²) < 4.78 is 10.9. The van der Waals surface area contributed by atoms with Crippen LogP contribution < -0.4 is 0 Å². The van der Waals surface area contributed by atoms with E-state index in [9.17, 15) is 0 Å². The third-order valence-electron chi connectivity index (χ3n) is 2.83. The van der Waals surface area contributed by atoms with Gasteiger partial charge in [-0.3, -0.25) is 0 Å². The van der Waals surface area contributed by atoms with E-state index in [4.69, 9.17) is 9.47 Å². The fraction of sp³-hybridized carbons (Fsp3) is 1.00. The highest BCUT2D eigenvalue weighted by Gasteiger charge is 2.26. The van der Waals surface area contributed by atoms with Gasteiger partial charge in [-0.2, -0.15) is 0 Å². The second-order valence-corrected chi connectivity index (χ2v) is 3.95. The fourth-order valence-electron chi connectivity index (χ4n) is 1.84. The Morgan fingerprint density at radius 1 is 1.54 bits per heavy atom. The monoisotopic (exact) mass is 185 g/mol. The average molecular weight is 185 g/mol. The molecule has 2 aliphatic rings. The molecule has 3 nitrogen and oxygen atoms in total. The Kier molecular flexibility index (Phi) is 3.19. The number of ether oxygens (including phenoxy) is 2. The lowest BCUT2D eigenvalue weighted by atomic mass is 10.1. The van der Waals surface area contributed by atoms with E-state index in [0.717, 1.165) is 26.3 Å². The van der Waals surface area contributed by atoms with Crippen LogP contribution in [0.5, 0.6) is 0 Å². The molecule has 0 N–H and O–H groups in total. The van der Waals surface area contributed by atoms with Crippen LogP contribution in [0.3, 0.4) is 0 Å². The van der Waals surface area contributed by atoms with Crippen molar-refractivity contribution in [1.29, 1.82) is 0 Å². The summed E-state index contributed by atoms with van der Waals surface area (Å²) in [6.07, 6.45) is 3.38. The maximum absolute atomic E-state index is 5.77. The Hall–Kier alpha value is -0.120. The molecule has 2 fully saturated rings. The lowest BCUT2D eigenvalue weighted by Crippen LogP contribution is -2.39. The van der Waals surface area contributed by atoms with Gasteiger partial charge in [-0.15, -0.1) is 0 Å². The molecule has 0 bridgehead atoms. The Morgan fingerprint density at radius 3 is 3.08 bits per heavy atom. The average Bonchev–Trinajstić information content (AvgIpc) is 2.99. The maximum atomic E-state index is 5.77. The van der Waals surface area contributed by atoms with Crippen LogP contribution >= 0.6 is 0 Å². The van der Waals surface area contributed by atoms with Gasteiger partial charge in [0.15, 0.2) is 0 Å². The van der Waals surface area contributed by atoms with Crippen molar-refractivity contribution in [2.75, 3.05) is 32.8 Å². The van der Waals surface area contributed by atoms with Gasteiger partial charge in [0.2, 0.25) is 0 Å². The van der Waals surface area contributed by atoms with Crippen molar-refractivity contribution in [3.05, 3.63) is 0 Å². The smallest absolute Gasteiger partial charge is 0.104 e. The van der Waals surface area contributed by atoms with Gasteiger partial charge in [0, 0.05) is 6.54 Å². The van der Waals surface area contributed by atoms with Gasteiger partial charge in [-0.1, -0.05) is 6.92 Å². The molecule has 2 rings (SSSR count). The van der Waals surface area contributed by atoms with E-state index in [1.54, 1.807) is 0 Å².